The van der Waals surface area contributed by atoms with Gasteiger partial charge in [-0.1, -0.05) is 61.8 Å². The molecule has 0 fully saturated rings. The normalized spacial score (nSPS) is 11.4. The summed E-state index contributed by atoms with van der Waals surface area (Å²) in [4.78, 5) is 24.4. The van der Waals surface area contributed by atoms with Gasteiger partial charge in [0.2, 0.25) is 11.1 Å². The van der Waals surface area contributed by atoms with Gasteiger partial charge in [-0.2, -0.15) is 4.68 Å². The zero-order valence-corrected chi connectivity index (χ0v) is 21.1. The van der Waals surface area contributed by atoms with Crippen LogP contribution in [-0.2, 0) is 10.2 Å². The molecule has 0 aliphatic rings. The molecule has 34 heavy (non-hydrogen) atoms. The summed E-state index contributed by atoms with van der Waals surface area (Å²) in [7, 11) is 0. The second-order valence-corrected chi connectivity index (χ2v) is 10.1. The highest BCUT2D eigenvalue weighted by atomic mass is 35.5. The Morgan fingerprint density at radius 3 is 2.53 bits per heavy atom. The van der Waals surface area contributed by atoms with Gasteiger partial charge in [0, 0.05) is 12.1 Å². The lowest BCUT2D eigenvalue weighted by Crippen LogP contribution is -2.26. The number of carbonyl (C=O) groups excluding carboxylic acids is 2. The van der Waals surface area contributed by atoms with Crippen LogP contribution in [-0.4, -0.2) is 56.0 Å². The monoisotopic (exact) mass is 522 g/mol. The van der Waals surface area contributed by atoms with E-state index in [-0.39, 0.29) is 41.2 Å². The number of nitrogens with zero attached hydrogens (tertiary/aromatic N) is 4. The summed E-state index contributed by atoms with van der Waals surface area (Å²) in [5.74, 6) is -0.675. The average molecular weight is 523 g/mol. The summed E-state index contributed by atoms with van der Waals surface area (Å²) in [5, 5.41) is 26.9. The maximum Gasteiger partial charge on any atom is 0.251 e. The molecule has 0 atom stereocenters. The van der Waals surface area contributed by atoms with Crippen LogP contribution in [0.25, 0.3) is 5.69 Å². The smallest absolute Gasteiger partial charge is 0.251 e. The van der Waals surface area contributed by atoms with E-state index in [1.54, 1.807) is 6.07 Å². The Balaban J connectivity index is 1.65. The second-order valence-electron chi connectivity index (χ2n) is 8.30. The minimum absolute atomic E-state index is 0.0210. The van der Waals surface area contributed by atoms with Gasteiger partial charge in [-0.05, 0) is 51.7 Å². The molecule has 1 heterocycles. The van der Waals surface area contributed by atoms with Crippen LogP contribution in [0.3, 0.4) is 0 Å². The molecule has 0 radical (unpaired) electrons. The molecular weight excluding hydrogens is 499 g/mol. The summed E-state index contributed by atoms with van der Waals surface area (Å²) in [6.45, 7) is 6.27. The molecular formula is C22H24Cl2N6O3S. The highest BCUT2D eigenvalue weighted by molar-refractivity contribution is 7.99. The average Bonchev–Trinajstić information content (AvgIpc) is 3.25. The first-order chi connectivity index (χ1) is 16.1. The SMILES string of the molecule is CC(C)(C)c1ccc(-n2nnnc2SCC(=O)Nc2ccc(C(=O)NCCO)cc2Cl)c(Cl)c1. The Kier molecular flexibility index (Phi) is 8.53. The van der Waals surface area contributed by atoms with E-state index >= 15 is 0 Å². The molecule has 3 rings (SSSR count). The molecule has 1 aromatic heterocycles. The van der Waals surface area contributed by atoms with Crippen molar-refractivity contribution in [2.75, 3.05) is 24.2 Å². The summed E-state index contributed by atoms with van der Waals surface area (Å²) in [6.07, 6.45) is 0. The summed E-state index contributed by atoms with van der Waals surface area (Å²) in [5.41, 5.74) is 2.32. The van der Waals surface area contributed by atoms with Crippen LogP contribution in [0.1, 0.15) is 36.7 Å². The molecule has 2 amide bonds. The number of amides is 2. The first kappa shape index (κ1) is 26.0. The molecule has 9 nitrogen and oxygen atoms in total. The third-order valence-electron chi connectivity index (χ3n) is 4.72. The molecule has 3 aromatic rings. The van der Waals surface area contributed by atoms with Crippen molar-refractivity contribution in [3.05, 3.63) is 57.6 Å². The lowest BCUT2D eigenvalue weighted by Gasteiger charge is -2.20. The van der Waals surface area contributed by atoms with Crippen LogP contribution in [0.4, 0.5) is 5.69 Å². The number of tetrazole rings is 1. The molecule has 2 aromatic carbocycles. The number of halogens is 2. The van der Waals surface area contributed by atoms with Crippen LogP contribution in [0.2, 0.25) is 10.0 Å². The van der Waals surface area contributed by atoms with Crippen molar-refractivity contribution < 1.29 is 14.7 Å². The number of anilines is 1. The largest absolute Gasteiger partial charge is 0.395 e. The molecule has 0 bridgehead atoms. The van der Waals surface area contributed by atoms with E-state index in [0.717, 1.165) is 17.3 Å². The standard InChI is InChI=1S/C22H24Cl2N6O3S/c1-22(2,3)14-5-7-18(16(24)11-14)30-21(27-28-29-30)34-12-19(32)26-17-6-4-13(10-15(17)23)20(33)25-8-9-31/h4-7,10-11,31H,8-9,12H2,1-3H3,(H,25,33)(H,26,32). The first-order valence-corrected chi connectivity index (χ1v) is 12.0. The fraction of sp³-hybridized carbons (Fsp3) is 0.318. The van der Waals surface area contributed by atoms with Crippen LogP contribution in [0.5, 0.6) is 0 Å². The summed E-state index contributed by atoms with van der Waals surface area (Å²) >= 11 is 13.8. The topological polar surface area (TPSA) is 122 Å². The Morgan fingerprint density at radius 2 is 1.88 bits per heavy atom. The van der Waals surface area contributed by atoms with Crippen molar-refractivity contribution in [2.24, 2.45) is 0 Å². The number of thioether (sulfide) groups is 1. The molecule has 0 saturated heterocycles. The molecule has 0 saturated carbocycles. The molecule has 3 N–H and O–H groups in total. The summed E-state index contributed by atoms with van der Waals surface area (Å²) in [6, 6.07) is 10.2. The number of carbonyl (C=O) groups is 2. The van der Waals surface area contributed by atoms with Gasteiger partial charge in [-0.3, -0.25) is 9.59 Å². The zero-order chi connectivity index (χ0) is 24.9. The van der Waals surface area contributed by atoms with Crippen molar-refractivity contribution >= 4 is 52.5 Å². The molecule has 0 spiro atoms. The Labute approximate surface area is 211 Å². The fourth-order valence-corrected chi connectivity index (χ4v) is 4.08. The minimum Gasteiger partial charge on any atom is -0.395 e. The van der Waals surface area contributed by atoms with Gasteiger partial charge >= 0.3 is 0 Å². The van der Waals surface area contributed by atoms with Crippen molar-refractivity contribution in [1.82, 2.24) is 25.5 Å². The maximum absolute atomic E-state index is 12.5. The van der Waals surface area contributed by atoms with Crippen molar-refractivity contribution in [3.63, 3.8) is 0 Å². The van der Waals surface area contributed by atoms with Crippen molar-refractivity contribution in [3.8, 4) is 5.69 Å². The number of benzene rings is 2. The minimum atomic E-state index is -0.370. The van der Waals surface area contributed by atoms with E-state index in [1.165, 1.54) is 16.8 Å². The van der Waals surface area contributed by atoms with Gasteiger partial charge in [0.25, 0.3) is 5.91 Å². The maximum atomic E-state index is 12.5. The Morgan fingerprint density at radius 1 is 1.12 bits per heavy atom. The number of aliphatic hydroxyl groups is 1. The van der Waals surface area contributed by atoms with E-state index in [4.69, 9.17) is 28.3 Å². The molecule has 0 aliphatic carbocycles. The predicted molar refractivity (Wildman–Crippen MR) is 133 cm³/mol. The predicted octanol–water partition coefficient (Wildman–Crippen LogP) is 3.72. The second kappa shape index (κ2) is 11.2. The quantitative estimate of drug-likeness (QED) is 0.385. The number of aromatic nitrogens is 4. The van der Waals surface area contributed by atoms with Gasteiger partial charge in [0.15, 0.2) is 0 Å². The fourth-order valence-electron chi connectivity index (χ4n) is 2.91. The Hall–Kier alpha value is -2.66. The van der Waals surface area contributed by atoms with Crippen LogP contribution in [0, 0.1) is 0 Å². The van der Waals surface area contributed by atoms with E-state index < -0.39 is 0 Å². The summed E-state index contributed by atoms with van der Waals surface area (Å²) < 4.78 is 1.49. The first-order valence-electron chi connectivity index (χ1n) is 10.3. The Bertz CT molecular complexity index is 1200. The third-order valence-corrected chi connectivity index (χ3v) is 6.25. The van der Waals surface area contributed by atoms with Gasteiger partial charge in [0.1, 0.15) is 0 Å². The van der Waals surface area contributed by atoms with Crippen LogP contribution >= 0.6 is 35.0 Å². The van der Waals surface area contributed by atoms with Crippen molar-refractivity contribution in [1.29, 1.82) is 0 Å². The lowest BCUT2D eigenvalue weighted by molar-refractivity contribution is -0.113. The van der Waals surface area contributed by atoms with Gasteiger partial charge in [0.05, 0.1) is 33.8 Å². The zero-order valence-electron chi connectivity index (χ0n) is 18.8. The van der Waals surface area contributed by atoms with E-state index in [9.17, 15) is 9.59 Å². The molecule has 0 aliphatic heterocycles. The van der Waals surface area contributed by atoms with Gasteiger partial charge < -0.3 is 15.7 Å². The van der Waals surface area contributed by atoms with Crippen LogP contribution in [0.15, 0.2) is 41.6 Å². The number of hydrogen-bond donors (Lipinski definition) is 3. The molecule has 12 heteroatoms. The highest BCUT2D eigenvalue weighted by Gasteiger charge is 2.19. The number of rotatable bonds is 8. The molecule has 180 valence electrons. The van der Waals surface area contributed by atoms with Gasteiger partial charge in [-0.15, -0.1) is 5.10 Å². The molecule has 0 unspecified atom stereocenters. The van der Waals surface area contributed by atoms with E-state index in [2.05, 4.69) is 46.9 Å². The van der Waals surface area contributed by atoms with Crippen molar-refractivity contribution in [2.45, 2.75) is 31.3 Å². The van der Waals surface area contributed by atoms with Gasteiger partial charge in [-0.25, -0.2) is 0 Å². The van der Waals surface area contributed by atoms with E-state index in [0.29, 0.717) is 27.1 Å². The lowest BCUT2D eigenvalue weighted by atomic mass is 9.87. The third kappa shape index (κ3) is 6.47. The highest BCUT2D eigenvalue weighted by Crippen LogP contribution is 2.30. The number of nitrogens with one attached hydrogen (secondary N) is 2. The number of aliphatic hydroxyl groups excluding tert-OH is 1. The number of hydrogen-bond acceptors (Lipinski definition) is 7. The van der Waals surface area contributed by atoms with E-state index in [1.807, 2.05) is 18.2 Å². The van der Waals surface area contributed by atoms with Crippen LogP contribution < -0.4 is 10.6 Å².